The Bertz CT molecular complexity index is 439. The van der Waals surface area contributed by atoms with Gasteiger partial charge in [-0.1, -0.05) is 11.6 Å². The molecule has 0 amide bonds. The molecule has 0 aliphatic heterocycles. The highest BCUT2D eigenvalue weighted by Crippen LogP contribution is 2.28. The Morgan fingerprint density at radius 1 is 1.33 bits per heavy atom. The average Bonchev–Trinajstić information content (AvgIpc) is 2.64. The van der Waals surface area contributed by atoms with Gasteiger partial charge in [0, 0.05) is 10.6 Å². The van der Waals surface area contributed by atoms with Crippen molar-refractivity contribution in [3.63, 3.8) is 0 Å². The smallest absolute Gasteiger partial charge is 0.0964 e. The van der Waals surface area contributed by atoms with Crippen LogP contribution in [0.5, 0.6) is 0 Å². The Balaban J connectivity index is 1.96. The number of thioether (sulfide) groups is 1. The number of pyridine rings is 1. The van der Waals surface area contributed by atoms with E-state index in [0.29, 0.717) is 5.69 Å². The number of rotatable bonds is 3. The van der Waals surface area contributed by atoms with Crippen LogP contribution in [0.2, 0.25) is 4.34 Å². The topological polar surface area (TPSA) is 38.9 Å². The largest absolute Gasteiger partial charge is 0.397 e. The molecule has 0 radical (unpaired) electrons. The molecule has 5 heteroatoms. The molecule has 15 heavy (non-hydrogen) atoms. The minimum atomic E-state index is 0.693. The van der Waals surface area contributed by atoms with Crippen molar-refractivity contribution in [1.82, 2.24) is 4.98 Å². The molecule has 0 aromatic carbocycles. The molecule has 0 fully saturated rings. The zero-order valence-corrected chi connectivity index (χ0v) is 10.2. The van der Waals surface area contributed by atoms with Crippen molar-refractivity contribution >= 4 is 40.4 Å². The molecule has 78 valence electrons. The van der Waals surface area contributed by atoms with E-state index in [2.05, 4.69) is 4.98 Å². The van der Waals surface area contributed by atoms with E-state index in [1.807, 2.05) is 24.3 Å². The first kappa shape index (κ1) is 10.8. The number of hydrogen-bond donors (Lipinski definition) is 1. The molecule has 0 atom stereocenters. The lowest BCUT2D eigenvalue weighted by Crippen LogP contribution is -1.86. The number of halogens is 1. The van der Waals surface area contributed by atoms with Crippen LogP contribution in [-0.4, -0.2) is 4.98 Å². The first-order valence-corrected chi connectivity index (χ1v) is 6.50. The van der Waals surface area contributed by atoms with Gasteiger partial charge in [0.05, 0.1) is 21.2 Å². The van der Waals surface area contributed by atoms with Crippen LogP contribution in [0.3, 0.4) is 0 Å². The van der Waals surface area contributed by atoms with Gasteiger partial charge in [-0.25, -0.2) is 4.98 Å². The Hall–Kier alpha value is -0.710. The summed E-state index contributed by atoms with van der Waals surface area (Å²) in [6, 6.07) is 7.74. The molecule has 2 N–H and O–H groups in total. The summed E-state index contributed by atoms with van der Waals surface area (Å²) in [6.07, 6.45) is 1.67. The summed E-state index contributed by atoms with van der Waals surface area (Å²) in [5.74, 6) is 0.897. The third kappa shape index (κ3) is 3.12. The molecular weight excluding hydrogens is 248 g/mol. The van der Waals surface area contributed by atoms with Gasteiger partial charge in [0.1, 0.15) is 0 Å². The molecule has 0 aliphatic rings. The Morgan fingerprint density at radius 2 is 2.20 bits per heavy atom. The number of anilines is 1. The maximum absolute atomic E-state index is 5.84. The molecule has 0 unspecified atom stereocenters. The Morgan fingerprint density at radius 3 is 2.80 bits per heavy atom. The van der Waals surface area contributed by atoms with Gasteiger partial charge in [-0.3, -0.25) is 0 Å². The molecular formula is C10H9ClN2S2. The molecule has 2 nitrogen and oxygen atoms in total. The lowest BCUT2D eigenvalue weighted by Gasteiger charge is -1.98. The molecule has 2 rings (SSSR count). The van der Waals surface area contributed by atoms with E-state index in [0.717, 1.165) is 15.1 Å². The van der Waals surface area contributed by atoms with E-state index >= 15 is 0 Å². The summed E-state index contributed by atoms with van der Waals surface area (Å²) in [4.78, 5) is 5.46. The predicted octanol–water partition coefficient (Wildman–Crippen LogP) is 3.67. The highest BCUT2D eigenvalue weighted by Gasteiger charge is 2.00. The standard InChI is InChI=1S/C10H9ClN2S2/c11-9-3-2-8(15-9)6-14-10-4-1-7(12)5-13-10/h1-5H,6,12H2. The highest BCUT2D eigenvalue weighted by molar-refractivity contribution is 7.98. The minimum Gasteiger partial charge on any atom is -0.397 e. The molecule has 0 saturated carbocycles. The summed E-state index contributed by atoms with van der Waals surface area (Å²) in [7, 11) is 0. The fraction of sp³-hybridized carbons (Fsp3) is 0.100. The molecule has 2 aromatic heterocycles. The lowest BCUT2D eigenvalue weighted by atomic mass is 10.4. The maximum Gasteiger partial charge on any atom is 0.0964 e. The lowest BCUT2D eigenvalue weighted by molar-refractivity contribution is 1.14. The van der Waals surface area contributed by atoms with Crippen molar-refractivity contribution in [2.24, 2.45) is 0 Å². The number of nitrogens with two attached hydrogens (primary N) is 1. The third-order valence-corrected chi connectivity index (χ3v) is 4.16. The predicted molar refractivity (Wildman–Crippen MR) is 67.5 cm³/mol. The van der Waals surface area contributed by atoms with Crippen LogP contribution >= 0.6 is 34.7 Å². The van der Waals surface area contributed by atoms with Crippen LogP contribution in [0, 0.1) is 0 Å². The number of thiophene rings is 1. The second-order valence-electron chi connectivity index (χ2n) is 2.92. The zero-order valence-electron chi connectivity index (χ0n) is 7.81. The van der Waals surface area contributed by atoms with Crippen molar-refractivity contribution < 1.29 is 0 Å². The van der Waals surface area contributed by atoms with Crippen molar-refractivity contribution in [2.45, 2.75) is 10.8 Å². The van der Waals surface area contributed by atoms with E-state index in [4.69, 9.17) is 17.3 Å². The fourth-order valence-electron chi connectivity index (χ4n) is 1.05. The second kappa shape index (κ2) is 4.88. The first-order valence-electron chi connectivity index (χ1n) is 4.32. The van der Waals surface area contributed by atoms with Gasteiger partial charge in [-0.2, -0.15) is 0 Å². The third-order valence-electron chi connectivity index (χ3n) is 1.75. The molecule has 2 aromatic rings. The molecule has 0 bridgehead atoms. The van der Waals surface area contributed by atoms with Crippen LogP contribution in [0.1, 0.15) is 4.88 Å². The minimum absolute atomic E-state index is 0.693. The summed E-state index contributed by atoms with van der Waals surface area (Å²) in [5.41, 5.74) is 6.24. The number of nitrogens with zero attached hydrogens (tertiary/aromatic N) is 1. The van der Waals surface area contributed by atoms with E-state index < -0.39 is 0 Å². The van der Waals surface area contributed by atoms with Crippen LogP contribution in [0.4, 0.5) is 5.69 Å². The molecule has 0 saturated heterocycles. The van der Waals surface area contributed by atoms with Crippen LogP contribution in [0.15, 0.2) is 35.5 Å². The maximum atomic E-state index is 5.84. The van der Waals surface area contributed by atoms with Gasteiger partial charge in [-0.05, 0) is 24.3 Å². The van der Waals surface area contributed by atoms with E-state index in [9.17, 15) is 0 Å². The van der Waals surface area contributed by atoms with Gasteiger partial charge in [0.15, 0.2) is 0 Å². The molecule has 0 spiro atoms. The summed E-state index contributed by atoms with van der Waals surface area (Å²) in [6.45, 7) is 0. The number of hydrogen-bond acceptors (Lipinski definition) is 4. The fourth-order valence-corrected chi connectivity index (χ4v) is 3.02. The normalized spacial score (nSPS) is 10.5. The van der Waals surface area contributed by atoms with E-state index in [1.54, 1.807) is 29.3 Å². The number of aromatic nitrogens is 1. The highest BCUT2D eigenvalue weighted by atomic mass is 35.5. The monoisotopic (exact) mass is 256 g/mol. The van der Waals surface area contributed by atoms with Gasteiger partial charge >= 0.3 is 0 Å². The Kier molecular flexibility index (Phi) is 3.51. The van der Waals surface area contributed by atoms with Gasteiger partial charge in [0.25, 0.3) is 0 Å². The number of nitrogen functional groups attached to an aromatic ring is 1. The molecule has 0 aliphatic carbocycles. The van der Waals surface area contributed by atoms with Crippen LogP contribution in [0.25, 0.3) is 0 Å². The van der Waals surface area contributed by atoms with Gasteiger partial charge < -0.3 is 5.73 Å². The van der Waals surface area contributed by atoms with Crippen molar-refractivity contribution in [3.8, 4) is 0 Å². The van der Waals surface area contributed by atoms with Crippen molar-refractivity contribution in [2.75, 3.05) is 5.73 Å². The summed E-state index contributed by atoms with van der Waals surface area (Å²) in [5, 5.41) is 0.980. The van der Waals surface area contributed by atoms with Gasteiger partial charge in [0.2, 0.25) is 0 Å². The Labute approximate surface area is 101 Å². The SMILES string of the molecule is Nc1ccc(SCc2ccc(Cl)s2)nc1. The average molecular weight is 257 g/mol. The summed E-state index contributed by atoms with van der Waals surface area (Å²) >= 11 is 9.12. The first-order chi connectivity index (χ1) is 7.24. The van der Waals surface area contributed by atoms with Crippen molar-refractivity contribution in [3.05, 3.63) is 39.7 Å². The second-order valence-corrected chi connectivity index (χ2v) is 5.72. The van der Waals surface area contributed by atoms with Crippen LogP contribution in [-0.2, 0) is 5.75 Å². The van der Waals surface area contributed by atoms with E-state index in [1.165, 1.54) is 4.88 Å². The quantitative estimate of drug-likeness (QED) is 0.852. The summed E-state index contributed by atoms with van der Waals surface area (Å²) < 4.78 is 0.830. The zero-order chi connectivity index (χ0) is 10.7. The van der Waals surface area contributed by atoms with Gasteiger partial charge in [-0.15, -0.1) is 23.1 Å². The van der Waals surface area contributed by atoms with Crippen molar-refractivity contribution in [1.29, 1.82) is 0 Å². The van der Waals surface area contributed by atoms with Crippen LogP contribution < -0.4 is 5.73 Å². The van der Waals surface area contributed by atoms with E-state index in [-0.39, 0.29) is 0 Å². The molecule has 2 heterocycles.